The largest absolute Gasteiger partial charge is 0.375 e. The third-order valence-electron chi connectivity index (χ3n) is 3.82. The lowest BCUT2D eigenvalue weighted by Crippen LogP contribution is -2.15. The fourth-order valence-electron chi connectivity index (χ4n) is 2.93. The second kappa shape index (κ2) is 4.92. The lowest BCUT2D eigenvalue weighted by atomic mass is 9.95. The Labute approximate surface area is 116 Å². The van der Waals surface area contributed by atoms with Crippen molar-refractivity contribution >= 4 is 16.5 Å². The van der Waals surface area contributed by atoms with Gasteiger partial charge in [-0.15, -0.1) is 10.2 Å². The number of rotatable bonds is 2. The Morgan fingerprint density at radius 1 is 1.16 bits per heavy atom. The molecular formula is C13H19N5S. The van der Waals surface area contributed by atoms with Gasteiger partial charge in [0.05, 0.1) is 10.6 Å². The van der Waals surface area contributed by atoms with Crippen LogP contribution < -0.4 is 5.73 Å². The van der Waals surface area contributed by atoms with Crippen LogP contribution in [0.3, 0.4) is 0 Å². The molecule has 0 saturated heterocycles. The molecule has 0 aliphatic heterocycles. The summed E-state index contributed by atoms with van der Waals surface area (Å²) < 4.78 is 2.29. The summed E-state index contributed by atoms with van der Waals surface area (Å²) in [6.45, 7) is 4.02. The second-order valence-electron chi connectivity index (χ2n) is 5.20. The Kier molecular flexibility index (Phi) is 3.26. The van der Waals surface area contributed by atoms with E-state index in [4.69, 9.17) is 5.73 Å². The van der Waals surface area contributed by atoms with Crippen LogP contribution in [0.2, 0.25) is 0 Å². The molecule has 0 radical (unpaired) electrons. The molecule has 1 fully saturated rings. The van der Waals surface area contributed by atoms with Gasteiger partial charge in [-0.25, -0.2) is 4.98 Å². The van der Waals surface area contributed by atoms with Crippen LogP contribution in [0.15, 0.2) is 0 Å². The van der Waals surface area contributed by atoms with E-state index in [2.05, 4.69) is 19.7 Å². The third-order valence-corrected chi connectivity index (χ3v) is 4.80. The first kappa shape index (κ1) is 12.6. The van der Waals surface area contributed by atoms with Crippen LogP contribution in [0.4, 0.5) is 5.13 Å². The number of nitrogens with zero attached hydrogens (tertiary/aromatic N) is 4. The van der Waals surface area contributed by atoms with Crippen molar-refractivity contribution in [1.29, 1.82) is 0 Å². The van der Waals surface area contributed by atoms with Crippen LogP contribution >= 0.6 is 11.3 Å². The molecule has 1 aliphatic rings. The van der Waals surface area contributed by atoms with E-state index in [0.29, 0.717) is 11.2 Å². The molecule has 0 bridgehead atoms. The van der Waals surface area contributed by atoms with Crippen molar-refractivity contribution in [3.05, 3.63) is 11.5 Å². The Hall–Kier alpha value is -1.43. The molecule has 0 atom stereocenters. The van der Waals surface area contributed by atoms with Gasteiger partial charge in [-0.2, -0.15) is 0 Å². The van der Waals surface area contributed by atoms with Gasteiger partial charge in [0.2, 0.25) is 0 Å². The maximum atomic E-state index is 5.80. The van der Waals surface area contributed by atoms with Crippen molar-refractivity contribution in [3.63, 3.8) is 0 Å². The fraction of sp³-hybridized carbons (Fsp3) is 0.615. The van der Waals surface area contributed by atoms with Crippen molar-refractivity contribution in [3.8, 4) is 10.7 Å². The minimum atomic E-state index is 0.529. The first-order valence-corrected chi connectivity index (χ1v) is 7.63. The van der Waals surface area contributed by atoms with Crippen molar-refractivity contribution in [2.45, 2.75) is 52.0 Å². The van der Waals surface area contributed by atoms with E-state index in [0.717, 1.165) is 22.2 Å². The predicted octanol–water partition coefficient (Wildman–Crippen LogP) is 3.11. The SMILES string of the molecule is Cc1nc(N)sc1-c1nnc(C)n1C1CCCCC1. The molecular weight excluding hydrogens is 258 g/mol. The number of hydrogen-bond acceptors (Lipinski definition) is 5. The molecule has 1 aliphatic carbocycles. The number of anilines is 1. The summed E-state index contributed by atoms with van der Waals surface area (Å²) in [5.41, 5.74) is 6.75. The fourth-order valence-corrected chi connectivity index (χ4v) is 3.74. The van der Waals surface area contributed by atoms with Crippen molar-refractivity contribution in [2.24, 2.45) is 0 Å². The zero-order chi connectivity index (χ0) is 13.4. The van der Waals surface area contributed by atoms with Gasteiger partial charge in [0.15, 0.2) is 11.0 Å². The summed E-state index contributed by atoms with van der Waals surface area (Å²) in [4.78, 5) is 5.36. The molecule has 5 nitrogen and oxygen atoms in total. The van der Waals surface area contributed by atoms with E-state index in [9.17, 15) is 0 Å². The van der Waals surface area contributed by atoms with Crippen LogP contribution in [0.25, 0.3) is 10.7 Å². The molecule has 102 valence electrons. The maximum absolute atomic E-state index is 5.80. The highest BCUT2D eigenvalue weighted by molar-refractivity contribution is 7.18. The Morgan fingerprint density at radius 3 is 2.53 bits per heavy atom. The molecule has 0 spiro atoms. The Bertz CT molecular complexity index is 580. The van der Waals surface area contributed by atoms with Gasteiger partial charge < -0.3 is 10.3 Å². The van der Waals surface area contributed by atoms with Crippen LogP contribution in [-0.4, -0.2) is 19.7 Å². The standard InChI is InChI=1S/C13H19N5S/c1-8-11(19-13(14)15-8)12-17-16-9(2)18(12)10-6-4-3-5-7-10/h10H,3-7H2,1-2H3,(H2,14,15). The number of thiazole rings is 1. The van der Waals surface area contributed by atoms with Gasteiger partial charge in [0, 0.05) is 6.04 Å². The van der Waals surface area contributed by atoms with Gasteiger partial charge in [0.25, 0.3) is 0 Å². The van der Waals surface area contributed by atoms with E-state index in [-0.39, 0.29) is 0 Å². The smallest absolute Gasteiger partial charge is 0.180 e. The summed E-state index contributed by atoms with van der Waals surface area (Å²) in [7, 11) is 0. The minimum Gasteiger partial charge on any atom is -0.375 e. The van der Waals surface area contributed by atoms with Gasteiger partial charge in [-0.3, -0.25) is 0 Å². The van der Waals surface area contributed by atoms with E-state index in [1.165, 1.54) is 43.4 Å². The van der Waals surface area contributed by atoms with Gasteiger partial charge in [-0.05, 0) is 26.7 Å². The average Bonchev–Trinajstić information content (AvgIpc) is 2.93. The number of nitrogen functional groups attached to an aromatic ring is 1. The lowest BCUT2D eigenvalue weighted by Gasteiger charge is -2.25. The zero-order valence-electron chi connectivity index (χ0n) is 11.4. The quantitative estimate of drug-likeness (QED) is 0.915. The first-order chi connectivity index (χ1) is 9.16. The molecule has 0 unspecified atom stereocenters. The summed E-state index contributed by atoms with van der Waals surface area (Å²) in [6, 6.07) is 0.529. The molecule has 2 aromatic rings. The van der Waals surface area contributed by atoms with Gasteiger partial charge >= 0.3 is 0 Å². The molecule has 6 heteroatoms. The number of aryl methyl sites for hydroxylation is 2. The lowest BCUT2D eigenvalue weighted by molar-refractivity contribution is 0.350. The highest BCUT2D eigenvalue weighted by Gasteiger charge is 2.23. The average molecular weight is 277 g/mol. The molecule has 3 rings (SSSR count). The second-order valence-corrected chi connectivity index (χ2v) is 6.23. The van der Waals surface area contributed by atoms with Crippen molar-refractivity contribution < 1.29 is 0 Å². The molecule has 2 N–H and O–H groups in total. The highest BCUT2D eigenvalue weighted by atomic mass is 32.1. The monoisotopic (exact) mass is 277 g/mol. The van der Waals surface area contributed by atoms with Crippen molar-refractivity contribution in [1.82, 2.24) is 19.7 Å². The van der Waals surface area contributed by atoms with Gasteiger partial charge in [-0.1, -0.05) is 30.6 Å². The van der Waals surface area contributed by atoms with E-state index >= 15 is 0 Å². The number of aromatic nitrogens is 4. The number of hydrogen-bond donors (Lipinski definition) is 1. The summed E-state index contributed by atoms with van der Waals surface area (Å²) >= 11 is 1.50. The topological polar surface area (TPSA) is 69.6 Å². The Balaban J connectivity index is 2.05. The maximum Gasteiger partial charge on any atom is 0.180 e. The molecule has 1 saturated carbocycles. The summed E-state index contributed by atoms with van der Waals surface area (Å²) in [5.74, 6) is 1.93. The Morgan fingerprint density at radius 2 is 1.89 bits per heavy atom. The third kappa shape index (κ3) is 2.25. The molecule has 2 aromatic heterocycles. The van der Waals surface area contributed by atoms with Crippen LogP contribution in [0, 0.1) is 13.8 Å². The molecule has 0 amide bonds. The van der Waals surface area contributed by atoms with E-state index in [1.54, 1.807) is 0 Å². The number of nitrogens with two attached hydrogens (primary N) is 1. The molecule has 0 aromatic carbocycles. The van der Waals surface area contributed by atoms with Crippen LogP contribution in [-0.2, 0) is 0 Å². The zero-order valence-corrected chi connectivity index (χ0v) is 12.2. The normalized spacial score (nSPS) is 16.9. The van der Waals surface area contributed by atoms with Crippen molar-refractivity contribution in [2.75, 3.05) is 5.73 Å². The minimum absolute atomic E-state index is 0.529. The molecule has 19 heavy (non-hydrogen) atoms. The van der Waals surface area contributed by atoms with E-state index < -0.39 is 0 Å². The van der Waals surface area contributed by atoms with Gasteiger partial charge in [0.1, 0.15) is 5.82 Å². The summed E-state index contributed by atoms with van der Waals surface area (Å²) in [6.07, 6.45) is 6.38. The first-order valence-electron chi connectivity index (χ1n) is 6.81. The highest BCUT2D eigenvalue weighted by Crippen LogP contribution is 2.36. The van der Waals surface area contributed by atoms with Crippen LogP contribution in [0.5, 0.6) is 0 Å². The van der Waals surface area contributed by atoms with Crippen LogP contribution in [0.1, 0.15) is 49.7 Å². The predicted molar refractivity (Wildman–Crippen MR) is 77.1 cm³/mol. The molecule has 2 heterocycles. The van der Waals surface area contributed by atoms with E-state index in [1.807, 2.05) is 13.8 Å². The summed E-state index contributed by atoms with van der Waals surface area (Å²) in [5, 5.41) is 9.23.